The minimum atomic E-state index is -0.493. The number of anilines is 1. The van der Waals surface area contributed by atoms with Crippen LogP contribution in [0.4, 0.5) is 5.69 Å². The van der Waals surface area contributed by atoms with Crippen molar-refractivity contribution in [1.82, 2.24) is 10.6 Å². The summed E-state index contributed by atoms with van der Waals surface area (Å²) in [6.07, 6.45) is 1.15. The van der Waals surface area contributed by atoms with E-state index in [1.165, 1.54) is 11.1 Å². The standard InChI is InChI=1S/C17H27N3O/c1-5-8-18-12-14-6-7-15(11-13(14)2)20-10-9-19-16(21)17(20,3)4/h6-7,11,18H,5,8-10,12H2,1-4H3,(H,19,21). The van der Waals surface area contributed by atoms with Gasteiger partial charge in [-0.2, -0.15) is 0 Å². The van der Waals surface area contributed by atoms with E-state index in [0.29, 0.717) is 6.54 Å². The Bertz CT molecular complexity index is 511. The highest BCUT2D eigenvalue weighted by molar-refractivity contribution is 5.90. The molecule has 1 heterocycles. The third-order valence-electron chi connectivity index (χ3n) is 4.23. The van der Waals surface area contributed by atoms with E-state index in [2.05, 4.69) is 47.6 Å². The van der Waals surface area contributed by atoms with Crippen LogP contribution in [-0.4, -0.2) is 31.1 Å². The third-order valence-corrected chi connectivity index (χ3v) is 4.23. The molecule has 1 aromatic carbocycles. The molecule has 0 aliphatic carbocycles. The molecule has 0 bridgehead atoms. The van der Waals surface area contributed by atoms with Crippen LogP contribution >= 0.6 is 0 Å². The maximum Gasteiger partial charge on any atom is 0.245 e. The zero-order valence-corrected chi connectivity index (χ0v) is 13.6. The van der Waals surface area contributed by atoms with Crippen molar-refractivity contribution >= 4 is 11.6 Å². The molecule has 2 rings (SSSR count). The van der Waals surface area contributed by atoms with E-state index in [0.717, 1.165) is 31.7 Å². The van der Waals surface area contributed by atoms with Crippen molar-refractivity contribution in [1.29, 1.82) is 0 Å². The highest BCUT2D eigenvalue weighted by Crippen LogP contribution is 2.27. The minimum Gasteiger partial charge on any atom is -0.356 e. The van der Waals surface area contributed by atoms with Crippen molar-refractivity contribution < 1.29 is 4.79 Å². The molecule has 116 valence electrons. The molecule has 1 aromatic rings. The first kappa shape index (κ1) is 15.8. The summed E-state index contributed by atoms with van der Waals surface area (Å²) < 4.78 is 0. The predicted octanol–water partition coefficient (Wildman–Crippen LogP) is 2.21. The molecule has 0 saturated carbocycles. The number of piperazine rings is 1. The number of hydrogen-bond donors (Lipinski definition) is 2. The summed E-state index contributed by atoms with van der Waals surface area (Å²) in [5.74, 6) is 0.0973. The molecular weight excluding hydrogens is 262 g/mol. The third kappa shape index (κ3) is 3.38. The van der Waals surface area contributed by atoms with Gasteiger partial charge in [0.05, 0.1) is 0 Å². The summed E-state index contributed by atoms with van der Waals surface area (Å²) in [4.78, 5) is 14.3. The van der Waals surface area contributed by atoms with E-state index in [4.69, 9.17) is 0 Å². The quantitative estimate of drug-likeness (QED) is 0.817. The van der Waals surface area contributed by atoms with Crippen LogP contribution in [0.25, 0.3) is 0 Å². The first-order valence-electron chi connectivity index (χ1n) is 7.83. The van der Waals surface area contributed by atoms with Gasteiger partial charge in [0.25, 0.3) is 0 Å². The summed E-state index contributed by atoms with van der Waals surface area (Å²) in [6.45, 7) is 11.8. The molecule has 0 spiro atoms. The average Bonchev–Trinajstić information content (AvgIpc) is 2.44. The topological polar surface area (TPSA) is 44.4 Å². The van der Waals surface area contributed by atoms with Gasteiger partial charge in [0.15, 0.2) is 0 Å². The SMILES string of the molecule is CCCNCc1ccc(N2CCNC(=O)C2(C)C)cc1C. The molecule has 2 N–H and O–H groups in total. The number of hydrogen-bond acceptors (Lipinski definition) is 3. The van der Waals surface area contributed by atoms with Crippen LogP contribution in [0.2, 0.25) is 0 Å². The number of carbonyl (C=O) groups excluding carboxylic acids is 1. The van der Waals surface area contributed by atoms with Gasteiger partial charge in [-0.05, 0) is 57.0 Å². The van der Waals surface area contributed by atoms with Crippen molar-refractivity contribution in [2.75, 3.05) is 24.5 Å². The average molecular weight is 289 g/mol. The van der Waals surface area contributed by atoms with E-state index in [-0.39, 0.29) is 5.91 Å². The van der Waals surface area contributed by atoms with Gasteiger partial charge in [-0.25, -0.2) is 0 Å². The van der Waals surface area contributed by atoms with Gasteiger partial charge in [0.1, 0.15) is 5.54 Å². The van der Waals surface area contributed by atoms with Crippen molar-refractivity contribution in [3.05, 3.63) is 29.3 Å². The highest BCUT2D eigenvalue weighted by atomic mass is 16.2. The van der Waals surface area contributed by atoms with E-state index >= 15 is 0 Å². The summed E-state index contributed by atoms with van der Waals surface area (Å²) in [5, 5.41) is 6.38. The number of nitrogens with zero attached hydrogens (tertiary/aromatic N) is 1. The molecule has 1 aliphatic heterocycles. The Morgan fingerprint density at radius 2 is 2.14 bits per heavy atom. The lowest BCUT2D eigenvalue weighted by Gasteiger charge is -2.43. The van der Waals surface area contributed by atoms with E-state index in [1.54, 1.807) is 0 Å². The minimum absolute atomic E-state index is 0.0973. The van der Waals surface area contributed by atoms with Gasteiger partial charge in [0.2, 0.25) is 5.91 Å². The summed E-state index contributed by atoms with van der Waals surface area (Å²) >= 11 is 0. The predicted molar refractivity (Wildman–Crippen MR) is 87.6 cm³/mol. The van der Waals surface area contributed by atoms with Crippen molar-refractivity contribution in [3.63, 3.8) is 0 Å². The Hall–Kier alpha value is -1.55. The Morgan fingerprint density at radius 1 is 1.38 bits per heavy atom. The zero-order valence-electron chi connectivity index (χ0n) is 13.6. The smallest absolute Gasteiger partial charge is 0.245 e. The van der Waals surface area contributed by atoms with E-state index in [9.17, 15) is 4.79 Å². The molecule has 0 radical (unpaired) electrons. The van der Waals surface area contributed by atoms with Crippen LogP contribution in [0.3, 0.4) is 0 Å². The molecule has 0 unspecified atom stereocenters. The molecule has 21 heavy (non-hydrogen) atoms. The maximum atomic E-state index is 12.1. The lowest BCUT2D eigenvalue weighted by atomic mass is 9.97. The second-order valence-corrected chi connectivity index (χ2v) is 6.25. The van der Waals surface area contributed by atoms with Crippen LogP contribution in [0.1, 0.15) is 38.3 Å². The molecular formula is C17H27N3O. The first-order chi connectivity index (χ1) is 9.96. The van der Waals surface area contributed by atoms with Gasteiger partial charge in [-0.3, -0.25) is 4.79 Å². The fourth-order valence-corrected chi connectivity index (χ4v) is 2.80. The van der Waals surface area contributed by atoms with E-state index < -0.39 is 5.54 Å². The summed E-state index contributed by atoms with van der Waals surface area (Å²) in [7, 11) is 0. The monoisotopic (exact) mass is 289 g/mol. The van der Waals surface area contributed by atoms with Crippen molar-refractivity contribution in [3.8, 4) is 0 Å². The lowest BCUT2D eigenvalue weighted by molar-refractivity contribution is -0.126. The zero-order chi connectivity index (χ0) is 15.5. The number of carbonyl (C=O) groups is 1. The summed E-state index contributed by atoms with van der Waals surface area (Å²) in [6, 6.07) is 6.51. The maximum absolute atomic E-state index is 12.1. The number of amides is 1. The fraction of sp³-hybridized carbons (Fsp3) is 0.588. The number of nitrogens with one attached hydrogen (secondary N) is 2. The highest BCUT2D eigenvalue weighted by Gasteiger charge is 2.37. The molecule has 1 saturated heterocycles. The fourth-order valence-electron chi connectivity index (χ4n) is 2.80. The normalized spacial score (nSPS) is 17.7. The molecule has 1 fully saturated rings. The van der Waals surface area contributed by atoms with Crippen LogP contribution in [0.15, 0.2) is 18.2 Å². The Morgan fingerprint density at radius 3 is 2.81 bits per heavy atom. The van der Waals surface area contributed by atoms with Crippen LogP contribution < -0.4 is 15.5 Å². The second kappa shape index (κ2) is 6.48. The first-order valence-corrected chi connectivity index (χ1v) is 7.83. The largest absolute Gasteiger partial charge is 0.356 e. The molecule has 0 aromatic heterocycles. The van der Waals surface area contributed by atoms with Gasteiger partial charge < -0.3 is 15.5 Å². The Kier molecular flexibility index (Phi) is 4.88. The molecule has 4 heteroatoms. The van der Waals surface area contributed by atoms with Gasteiger partial charge in [0, 0.05) is 25.3 Å². The molecule has 1 aliphatic rings. The Labute approximate surface area is 127 Å². The van der Waals surface area contributed by atoms with Gasteiger partial charge >= 0.3 is 0 Å². The molecule has 0 atom stereocenters. The van der Waals surface area contributed by atoms with Gasteiger partial charge in [-0.1, -0.05) is 13.0 Å². The molecule has 4 nitrogen and oxygen atoms in total. The van der Waals surface area contributed by atoms with Crippen molar-refractivity contribution in [2.45, 2.75) is 46.2 Å². The summed E-state index contributed by atoms with van der Waals surface area (Å²) in [5.41, 5.74) is 3.24. The van der Waals surface area contributed by atoms with Crippen LogP contribution in [0.5, 0.6) is 0 Å². The van der Waals surface area contributed by atoms with Crippen LogP contribution in [-0.2, 0) is 11.3 Å². The number of benzene rings is 1. The number of rotatable bonds is 5. The lowest BCUT2D eigenvalue weighted by Crippen LogP contribution is -2.62. The van der Waals surface area contributed by atoms with E-state index in [1.807, 2.05) is 13.8 Å². The molecule has 1 amide bonds. The van der Waals surface area contributed by atoms with Crippen LogP contribution in [0, 0.1) is 6.92 Å². The second-order valence-electron chi connectivity index (χ2n) is 6.25. The Balaban J connectivity index is 2.17. The van der Waals surface area contributed by atoms with Crippen molar-refractivity contribution in [2.24, 2.45) is 0 Å². The van der Waals surface area contributed by atoms with Gasteiger partial charge in [-0.15, -0.1) is 0 Å². The number of aryl methyl sites for hydroxylation is 1.